The van der Waals surface area contributed by atoms with Crippen LogP contribution in [0, 0.1) is 23.3 Å². The van der Waals surface area contributed by atoms with Crippen molar-refractivity contribution < 1.29 is 17.6 Å². The molecule has 2 rings (SSSR count). The summed E-state index contributed by atoms with van der Waals surface area (Å²) >= 11 is 0.814. The van der Waals surface area contributed by atoms with Crippen molar-refractivity contribution in [3.8, 4) is 0 Å². The highest BCUT2D eigenvalue weighted by Crippen LogP contribution is 2.30. The summed E-state index contributed by atoms with van der Waals surface area (Å²) in [5, 5.41) is 0. The number of anilines is 1. The van der Waals surface area contributed by atoms with E-state index in [1.165, 1.54) is 0 Å². The van der Waals surface area contributed by atoms with Gasteiger partial charge in [0.1, 0.15) is 23.3 Å². The molecule has 0 unspecified atom stereocenters. The number of halogens is 4. The van der Waals surface area contributed by atoms with Gasteiger partial charge in [0.25, 0.3) is 0 Å². The van der Waals surface area contributed by atoms with Crippen LogP contribution < -0.4 is 5.73 Å². The Labute approximate surface area is 111 Å². The standard InChI is InChI=1S/C13H9F4NS/c14-8-1-7(2-9(15)3-8)6-19-13-11(16)4-10(18)5-12(13)17/h1-5H,6,18H2. The molecule has 2 aromatic carbocycles. The van der Waals surface area contributed by atoms with Gasteiger partial charge in [0.2, 0.25) is 0 Å². The minimum Gasteiger partial charge on any atom is -0.399 e. The molecule has 0 saturated carbocycles. The molecule has 0 aromatic heterocycles. The molecule has 0 aliphatic rings. The number of hydrogen-bond donors (Lipinski definition) is 1. The minimum absolute atomic E-state index is 0.0175. The van der Waals surface area contributed by atoms with Gasteiger partial charge in [-0.1, -0.05) is 0 Å². The molecular formula is C13H9F4NS. The van der Waals surface area contributed by atoms with Gasteiger partial charge in [-0.2, -0.15) is 0 Å². The van der Waals surface area contributed by atoms with Gasteiger partial charge in [0.05, 0.1) is 4.90 Å². The summed E-state index contributed by atoms with van der Waals surface area (Å²) in [6.45, 7) is 0. The average molecular weight is 287 g/mol. The van der Waals surface area contributed by atoms with Gasteiger partial charge in [0.15, 0.2) is 0 Å². The Kier molecular flexibility index (Phi) is 3.99. The second kappa shape index (κ2) is 5.52. The maximum Gasteiger partial charge on any atom is 0.141 e. The highest BCUT2D eigenvalue weighted by atomic mass is 32.2. The Morgan fingerprint density at radius 2 is 1.37 bits per heavy atom. The predicted molar refractivity (Wildman–Crippen MR) is 66.7 cm³/mol. The summed E-state index contributed by atoms with van der Waals surface area (Å²) in [6, 6.07) is 4.96. The molecule has 100 valence electrons. The average Bonchev–Trinajstić information content (AvgIpc) is 2.25. The highest BCUT2D eigenvalue weighted by Gasteiger charge is 2.11. The van der Waals surface area contributed by atoms with Crippen LogP contribution in [0.5, 0.6) is 0 Å². The lowest BCUT2D eigenvalue weighted by Crippen LogP contribution is -1.94. The van der Waals surface area contributed by atoms with E-state index in [0.29, 0.717) is 5.56 Å². The molecule has 0 atom stereocenters. The minimum atomic E-state index is -0.792. The van der Waals surface area contributed by atoms with Crippen molar-refractivity contribution in [3.05, 3.63) is 59.2 Å². The van der Waals surface area contributed by atoms with E-state index in [1.807, 2.05) is 0 Å². The summed E-state index contributed by atoms with van der Waals surface area (Å²) in [7, 11) is 0. The van der Waals surface area contributed by atoms with Crippen LogP contribution in [-0.4, -0.2) is 0 Å². The molecule has 6 heteroatoms. The zero-order chi connectivity index (χ0) is 14.0. The number of nitrogen functional groups attached to an aromatic ring is 1. The fraction of sp³-hybridized carbons (Fsp3) is 0.0769. The van der Waals surface area contributed by atoms with Crippen LogP contribution in [0.1, 0.15) is 5.56 Å². The van der Waals surface area contributed by atoms with Crippen molar-refractivity contribution in [2.75, 3.05) is 5.73 Å². The molecule has 19 heavy (non-hydrogen) atoms. The zero-order valence-corrected chi connectivity index (χ0v) is 10.4. The van der Waals surface area contributed by atoms with E-state index >= 15 is 0 Å². The smallest absolute Gasteiger partial charge is 0.141 e. The summed E-state index contributed by atoms with van der Waals surface area (Å²) in [4.78, 5) is -0.223. The number of benzene rings is 2. The molecule has 0 spiro atoms. The van der Waals surface area contributed by atoms with Crippen molar-refractivity contribution in [1.82, 2.24) is 0 Å². The fourth-order valence-electron chi connectivity index (χ4n) is 1.57. The van der Waals surface area contributed by atoms with Gasteiger partial charge in [-0.05, 0) is 29.8 Å². The third kappa shape index (κ3) is 3.41. The molecule has 2 N–H and O–H groups in total. The molecule has 0 aliphatic carbocycles. The van der Waals surface area contributed by atoms with E-state index in [2.05, 4.69) is 0 Å². The maximum absolute atomic E-state index is 13.5. The van der Waals surface area contributed by atoms with Gasteiger partial charge in [-0.15, -0.1) is 11.8 Å². The van der Waals surface area contributed by atoms with Crippen LogP contribution in [0.4, 0.5) is 23.2 Å². The van der Waals surface area contributed by atoms with Crippen molar-refractivity contribution in [1.29, 1.82) is 0 Å². The molecule has 0 aliphatic heterocycles. The Morgan fingerprint density at radius 3 is 1.89 bits per heavy atom. The third-order valence-electron chi connectivity index (χ3n) is 2.33. The molecule has 0 radical (unpaired) electrons. The fourth-order valence-corrected chi connectivity index (χ4v) is 2.44. The number of thioether (sulfide) groups is 1. The molecule has 0 amide bonds. The van der Waals surface area contributed by atoms with Gasteiger partial charge < -0.3 is 5.73 Å². The van der Waals surface area contributed by atoms with E-state index in [0.717, 1.165) is 42.1 Å². The van der Waals surface area contributed by atoms with Crippen LogP contribution >= 0.6 is 11.8 Å². The first-order chi connectivity index (χ1) is 8.95. The summed E-state index contributed by atoms with van der Waals surface area (Å²) < 4.78 is 52.9. The highest BCUT2D eigenvalue weighted by molar-refractivity contribution is 7.98. The van der Waals surface area contributed by atoms with E-state index in [9.17, 15) is 17.6 Å². The normalized spacial score (nSPS) is 10.7. The SMILES string of the molecule is Nc1cc(F)c(SCc2cc(F)cc(F)c2)c(F)c1. The molecule has 1 nitrogen and oxygen atoms in total. The first-order valence-corrected chi connectivity index (χ1v) is 6.26. The molecule has 0 bridgehead atoms. The van der Waals surface area contributed by atoms with E-state index in [4.69, 9.17) is 5.73 Å². The van der Waals surface area contributed by atoms with Gasteiger partial charge in [0, 0.05) is 17.5 Å². The number of hydrogen-bond acceptors (Lipinski definition) is 2. The third-order valence-corrected chi connectivity index (χ3v) is 3.48. The summed E-state index contributed by atoms with van der Waals surface area (Å²) in [6.07, 6.45) is 0. The Balaban J connectivity index is 2.19. The number of rotatable bonds is 3. The monoisotopic (exact) mass is 287 g/mol. The van der Waals surface area contributed by atoms with Crippen molar-refractivity contribution in [3.63, 3.8) is 0 Å². The lowest BCUT2D eigenvalue weighted by Gasteiger charge is -2.06. The Morgan fingerprint density at radius 1 is 0.842 bits per heavy atom. The van der Waals surface area contributed by atoms with Gasteiger partial charge in [-0.25, -0.2) is 17.6 Å². The summed E-state index contributed by atoms with van der Waals surface area (Å²) in [5.41, 5.74) is 5.57. The molecule has 2 aromatic rings. The molecule has 0 saturated heterocycles. The topological polar surface area (TPSA) is 26.0 Å². The van der Waals surface area contributed by atoms with Crippen LogP contribution in [-0.2, 0) is 5.75 Å². The molecule has 0 fully saturated rings. The Hall–Kier alpha value is -1.69. The lowest BCUT2D eigenvalue weighted by atomic mass is 10.2. The second-order valence-electron chi connectivity index (χ2n) is 3.88. The van der Waals surface area contributed by atoms with Crippen molar-refractivity contribution in [2.45, 2.75) is 10.6 Å². The molecular weight excluding hydrogens is 278 g/mol. The quantitative estimate of drug-likeness (QED) is 0.522. The second-order valence-corrected chi connectivity index (χ2v) is 4.87. The maximum atomic E-state index is 13.5. The first-order valence-electron chi connectivity index (χ1n) is 5.28. The van der Waals surface area contributed by atoms with Gasteiger partial charge in [-0.3, -0.25) is 0 Å². The van der Waals surface area contributed by atoms with Crippen molar-refractivity contribution in [2.24, 2.45) is 0 Å². The first kappa shape index (κ1) is 13.7. The number of nitrogens with two attached hydrogens (primary N) is 1. The van der Waals surface area contributed by atoms with Crippen LogP contribution in [0.25, 0.3) is 0 Å². The summed E-state index contributed by atoms with van der Waals surface area (Å²) in [5.74, 6) is -2.99. The largest absolute Gasteiger partial charge is 0.399 e. The van der Waals surface area contributed by atoms with Crippen LogP contribution in [0.15, 0.2) is 35.2 Å². The van der Waals surface area contributed by atoms with E-state index < -0.39 is 23.3 Å². The van der Waals surface area contributed by atoms with Crippen LogP contribution in [0.3, 0.4) is 0 Å². The van der Waals surface area contributed by atoms with Gasteiger partial charge >= 0.3 is 0 Å². The van der Waals surface area contributed by atoms with Crippen LogP contribution in [0.2, 0.25) is 0 Å². The lowest BCUT2D eigenvalue weighted by molar-refractivity contribution is 0.542. The van der Waals surface area contributed by atoms with E-state index in [1.54, 1.807) is 0 Å². The van der Waals surface area contributed by atoms with E-state index in [-0.39, 0.29) is 16.3 Å². The zero-order valence-electron chi connectivity index (χ0n) is 9.59. The molecule has 0 heterocycles. The Bertz CT molecular complexity index is 572. The predicted octanol–water partition coefficient (Wildman–Crippen LogP) is 4.12. The van der Waals surface area contributed by atoms with Crippen molar-refractivity contribution >= 4 is 17.4 Å².